The third-order valence-electron chi connectivity index (χ3n) is 2.89. The second kappa shape index (κ2) is 5.78. The Balaban J connectivity index is 2.92. The molecule has 0 aliphatic rings. The van der Waals surface area contributed by atoms with Crippen LogP contribution in [0.4, 0.5) is 23.2 Å². The third-order valence-corrected chi connectivity index (χ3v) is 2.89. The molecule has 112 valence electrons. The van der Waals surface area contributed by atoms with Crippen LogP contribution in [0.5, 0.6) is 0 Å². The molecular formula is C13H16F4N2O. The lowest BCUT2D eigenvalue weighted by atomic mass is 9.85. The number of anilines is 1. The Kier molecular flexibility index (Phi) is 4.75. The van der Waals surface area contributed by atoms with Gasteiger partial charge in [-0.3, -0.25) is 4.79 Å². The molecular weight excluding hydrogens is 276 g/mol. The van der Waals surface area contributed by atoms with Crippen LogP contribution in [-0.4, -0.2) is 11.9 Å². The highest BCUT2D eigenvalue weighted by molar-refractivity contribution is 5.91. The van der Waals surface area contributed by atoms with Crippen molar-refractivity contribution < 1.29 is 22.4 Å². The molecule has 0 radical (unpaired) electrons. The molecule has 0 spiro atoms. The largest absolute Gasteiger partial charge is 0.327 e. The van der Waals surface area contributed by atoms with E-state index in [9.17, 15) is 22.4 Å². The van der Waals surface area contributed by atoms with Crippen LogP contribution in [0.25, 0.3) is 0 Å². The van der Waals surface area contributed by atoms with E-state index in [0.29, 0.717) is 0 Å². The average molecular weight is 292 g/mol. The highest BCUT2D eigenvalue weighted by Gasteiger charge is 2.25. The molecule has 1 aromatic rings. The van der Waals surface area contributed by atoms with Gasteiger partial charge in [0, 0.05) is 18.5 Å². The Morgan fingerprint density at radius 3 is 2.05 bits per heavy atom. The van der Waals surface area contributed by atoms with E-state index in [0.717, 1.165) is 0 Å². The van der Waals surface area contributed by atoms with Crippen LogP contribution in [0.3, 0.4) is 0 Å². The fourth-order valence-electron chi connectivity index (χ4n) is 1.38. The Morgan fingerprint density at radius 2 is 1.65 bits per heavy atom. The van der Waals surface area contributed by atoms with Crippen LogP contribution < -0.4 is 11.1 Å². The van der Waals surface area contributed by atoms with Gasteiger partial charge in [-0.15, -0.1) is 0 Å². The predicted octanol–water partition coefficient (Wildman–Crippen LogP) is 2.95. The van der Waals surface area contributed by atoms with E-state index in [2.05, 4.69) is 0 Å². The number of amides is 1. The van der Waals surface area contributed by atoms with Crippen molar-refractivity contribution in [3.05, 3.63) is 29.3 Å². The van der Waals surface area contributed by atoms with Crippen molar-refractivity contribution in [3.8, 4) is 0 Å². The summed E-state index contributed by atoms with van der Waals surface area (Å²) in [6.07, 6.45) is -0.236. The zero-order valence-electron chi connectivity index (χ0n) is 11.4. The lowest BCUT2D eigenvalue weighted by Crippen LogP contribution is -2.38. The van der Waals surface area contributed by atoms with Crippen LogP contribution in [0.2, 0.25) is 0 Å². The minimum atomic E-state index is -1.65. The Bertz CT molecular complexity index is 500. The maximum atomic E-state index is 13.3. The standard InChI is InChI=1S/C13H16F4N2O/c1-13(2,3)8(18)5-9(20)19-12-10(16)6(14)4-7(15)11(12)17/h4,8H,5,18H2,1-3H3,(H,19,20). The number of hydrogen-bond acceptors (Lipinski definition) is 2. The molecule has 0 saturated carbocycles. The zero-order chi connectivity index (χ0) is 15.7. The van der Waals surface area contributed by atoms with Gasteiger partial charge < -0.3 is 11.1 Å². The number of nitrogens with two attached hydrogens (primary N) is 1. The van der Waals surface area contributed by atoms with Crippen molar-refractivity contribution in [2.75, 3.05) is 5.32 Å². The monoisotopic (exact) mass is 292 g/mol. The van der Waals surface area contributed by atoms with Crippen molar-refractivity contribution in [1.29, 1.82) is 0 Å². The molecule has 1 rings (SSSR count). The maximum Gasteiger partial charge on any atom is 0.226 e. The van der Waals surface area contributed by atoms with Crippen LogP contribution >= 0.6 is 0 Å². The summed E-state index contributed by atoms with van der Waals surface area (Å²) in [5.74, 6) is -7.29. The van der Waals surface area contributed by atoms with Gasteiger partial charge in [-0.1, -0.05) is 20.8 Å². The fraction of sp³-hybridized carbons (Fsp3) is 0.462. The molecule has 0 aliphatic heterocycles. The highest BCUT2D eigenvalue weighted by Crippen LogP contribution is 2.25. The van der Waals surface area contributed by atoms with E-state index in [1.807, 2.05) is 5.32 Å². The minimum absolute atomic E-state index is 0.0706. The molecule has 0 bridgehead atoms. The van der Waals surface area contributed by atoms with Gasteiger partial charge in [0.1, 0.15) is 5.69 Å². The van der Waals surface area contributed by atoms with Gasteiger partial charge in [-0.25, -0.2) is 17.6 Å². The van der Waals surface area contributed by atoms with Gasteiger partial charge in [-0.2, -0.15) is 0 Å². The number of rotatable bonds is 3. The van der Waals surface area contributed by atoms with E-state index < -0.39 is 46.3 Å². The Hall–Kier alpha value is -1.63. The SMILES string of the molecule is CC(C)(C)C(N)CC(=O)Nc1c(F)c(F)cc(F)c1F. The summed E-state index contributed by atoms with van der Waals surface area (Å²) in [6.45, 7) is 5.36. The molecule has 20 heavy (non-hydrogen) atoms. The summed E-state index contributed by atoms with van der Waals surface area (Å²) in [4.78, 5) is 11.6. The van der Waals surface area contributed by atoms with Crippen LogP contribution in [-0.2, 0) is 4.79 Å². The number of benzene rings is 1. The van der Waals surface area contributed by atoms with E-state index in [1.54, 1.807) is 20.8 Å². The first kappa shape index (κ1) is 16.4. The Labute approximate surface area is 114 Å². The molecule has 0 aromatic heterocycles. The smallest absolute Gasteiger partial charge is 0.226 e. The second-order valence-corrected chi connectivity index (χ2v) is 5.57. The normalized spacial score (nSPS) is 13.2. The summed E-state index contributed by atoms with van der Waals surface area (Å²) in [6, 6.07) is -0.506. The molecule has 3 N–H and O–H groups in total. The van der Waals surface area contributed by atoms with Gasteiger partial charge in [0.15, 0.2) is 23.3 Å². The van der Waals surface area contributed by atoms with Crippen LogP contribution in [0.15, 0.2) is 6.07 Å². The van der Waals surface area contributed by atoms with Crippen molar-refractivity contribution in [3.63, 3.8) is 0 Å². The van der Waals surface area contributed by atoms with Crippen molar-refractivity contribution >= 4 is 11.6 Å². The van der Waals surface area contributed by atoms with Gasteiger partial charge in [0.2, 0.25) is 5.91 Å². The van der Waals surface area contributed by atoms with Crippen LogP contribution in [0.1, 0.15) is 27.2 Å². The summed E-state index contributed by atoms with van der Waals surface area (Å²) < 4.78 is 52.6. The second-order valence-electron chi connectivity index (χ2n) is 5.57. The highest BCUT2D eigenvalue weighted by atomic mass is 19.2. The third kappa shape index (κ3) is 3.69. The van der Waals surface area contributed by atoms with E-state index in [-0.39, 0.29) is 12.5 Å². The van der Waals surface area contributed by atoms with E-state index >= 15 is 0 Å². The maximum absolute atomic E-state index is 13.3. The minimum Gasteiger partial charge on any atom is -0.327 e. The molecule has 7 heteroatoms. The molecule has 0 heterocycles. The summed E-state index contributed by atoms with van der Waals surface area (Å²) in [7, 11) is 0. The predicted molar refractivity (Wildman–Crippen MR) is 67.0 cm³/mol. The molecule has 1 atom stereocenters. The topological polar surface area (TPSA) is 55.1 Å². The summed E-state index contributed by atoms with van der Waals surface area (Å²) >= 11 is 0. The number of halogens is 4. The first-order valence-electron chi connectivity index (χ1n) is 5.92. The first-order chi connectivity index (χ1) is 9.04. The molecule has 1 unspecified atom stereocenters. The molecule has 3 nitrogen and oxygen atoms in total. The van der Waals surface area contributed by atoms with Crippen molar-refractivity contribution in [2.24, 2.45) is 11.1 Å². The van der Waals surface area contributed by atoms with Gasteiger partial charge >= 0.3 is 0 Å². The lowest BCUT2D eigenvalue weighted by Gasteiger charge is -2.26. The zero-order valence-corrected chi connectivity index (χ0v) is 11.4. The number of hydrogen-bond donors (Lipinski definition) is 2. The Morgan fingerprint density at radius 1 is 1.20 bits per heavy atom. The summed E-state index contributed by atoms with van der Waals surface area (Å²) in [5, 5.41) is 1.81. The molecule has 1 amide bonds. The first-order valence-corrected chi connectivity index (χ1v) is 5.92. The van der Waals surface area contributed by atoms with Crippen molar-refractivity contribution in [2.45, 2.75) is 33.2 Å². The average Bonchev–Trinajstić information content (AvgIpc) is 2.31. The molecule has 0 fully saturated rings. The number of carbonyl (C=O) groups excluding carboxylic acids is 1. The number of carbonyl (C=O) groups is 1. The molecule has 1 aromatic carbocycles. The quantitative estimate of drug-likeness (QED) is 0.665. The van der Waals surface area contributed by atoms with E-state index in [1.165, 1.54) is 0 Å². The van der Waals surface area contributed by atoms with Gasteiger partial charge in [0.25, 0.3) is 0 Å². The van der Waals surface area contributed by atoms with Crippen molar-refractivity contribution in [1.82, 2.24) is 0 Å². The van der Waals surface area contributed by atoms with E-state index in [4.69, 9.17) is 5.73 Å². The fourth-order valence-corrected chi connectivity index (χ4v) is 1.38. The van der Waals surface area contributed by atoms with Gasteiger partial charge in [-0.05, 0) is 5.41 Å². The van der Waals surface area contributed by atoms with Gasteiger partial charge in [0.05, 0.1) is 0 Å². The summed E-state index contributed by atoms with van der Waals surface area (Å²) in [5.41, 5.74) is 4.20. The molecule has 0 aliphatic carbocycles. The molecule has 0 saturated heterocycles. The van der Waals surface area contributed by atoms with Crippen LogP contribution in [0, 0.1) is 28.7 Å². The lowest BCUT2D eigenvalue weighted by molar-refractivity contribution is -0.117. The number of nitrogens with one attached hydrogen (secondary N) is 1.